The van der Waals surface area contributed by atoms with Gasteiger partial charge in [0.1, 0.15) is 5.65 Å². The number of nitrogens with one attached hydrogen (secondary N) is 1. The van der Waals surface area contributed by atoms with Gasteiger partial charge in [0.2, 0.25) is 12.4 Å². The first-order valence-electron chi connectivity index (χ1n) is 10.4. The van der Waals surface area contributed by atoms with E-state index in [9.17, 15) is 14.5 Å². The Labute approximate surface area is 188 Å². The Morgan fingerprint density at radius 3 is 2.62 bits per heavy atom. The Balaban J connectivity index is 1.77. The van der Waals surface area contributed by atoms with Crippen molar-refractivity contribution < 1.29 is 14.5 Å². The van der Waals surface area contributed by atoms with Gasteiger partial charge >= 0.3 is 0 Å². The fraction of sp³-hybridized carbons (Fsp3) is 0.381. The summed E-state index contributed by atoms with van der Waals surface area (Å²) in [4.78, 5) is 20.8. The zero-order valence-electron chi connectivity index (χ0n) is 17.8. The van der Waals surface area contributed by atoms with E-state index in [-0.39, 0.29) is 5.54 Å². The van der Waals surface area contributed by atoms with E-state index >= 15 is 0 Å². The minimum absolute atomic E-state index is 0.279. The van der Waals surface area contributed by atoms with Crippen LogP contribution < -0.4 is 16.3 Å². The Kier molecular flexibility index (Phi) is 6.35. The van der Waals surface area contributed by atoms with Gasteiger partial charge in [-0.25, -0.2) is 15.8 Å². The molecule has 11 heteroatoms. The van der Waals surface area contributed by atoms with Gasteiger partial charge in [-0.3, -0.25) is 4.79 Å². The number of hydrazine groups is 1. The van der Waals surface area contributed by atoms with Crippen molar-refractivity contribution in [2.45, 2.75) is 55.7 Å². The monoisotopic (exact) mass is 457 g/mol. The van der Waals surface area contributed by atoms with Crippen molar-refractivity contribution >= 4 is 40.4 Å². The highest BCUT2D eigenvalue weighted by Crippen LogP contribution is 2.40. The molecule has 2 atom stereocenters. The summed E-state index contributed by atoms with van der Waals surface area (Å²) in [6.07, 6.45) is 5.91. The number of aliphatic hydroxyl groups is 1. The van der Waals surface area contributed by atoms with Gasteiger partial charge in [-0.2, -0.15) is 4.98 Å². The molecule has 1 aliphatic rings. The van der Waals surface area contributed by atoms with Crippen LogP contribution >= 0.6 is 0 Å². The largest absolute Gasteiger partial charge is 0.593 e. The zero-order valence-corrected chi connectivity index (χ0v) is 18.6. The number of hydrogen-bond acceptors (Lipinski definition) is 8. The summed E-state index contributed by atoms with van der Waals surface area (Å²) in [6, 6.07) is 8.62. The van der Waals surface area contributed by atoms with Crippen LogP contribution in [-0.2, 0) is 21.7 Å². The number of rotatable bonds is 7. The first-order valence-corrected chi connectivity index (χ1v) is 11.6. The van der Waals surface area contributed by atoms with Crippen LogP contribution in [0, 0.1) is 0 Å². The lowest BCUT2D eigenvalue weighted by atomic mass is 9.83. The minimum Gasteiger partial charge on any atom is -0.593 e. The van der Waals surface area contributed by atoms with E-state index < -0.39 is 17.6 Å². The molecule has 1 amide bonds. The van der Waals surface area contributed by atoms with Crippen LogP contribution in [0.4, 0.5) is 11.6 Å². The minimum atomic E-state index is -1.54. The van der Waals surface area contributed by atoms with Crippen LogP contribution in [-0.4, -0.2) is 35.6 Å². The lowest BCUT2D eigenvalue weighted by Crippen LogP contribution is -2.39. The highest BCUT2D eigenvalue weighted by Gasteiger charge is 2.35. The van der Waals surface area contributed by atoms with Gasteiger partial charge in [0, 0.05) is 22.8 Å². The molecule has 0 aliphatic heterocycles. The van der Waals surface area contributed by atoms with Crippen LogP contribution in [0.1, 0.15) is 50.9 Å². The summed E-state index contributed by atoms with van der Waals surface area (Å²) < 4.78 is 13.4. The molecule has 32 heavy (non-hydrogen) atoms. The lowest BCUT2D eigenvalue weighted by molar-refractivity contribution is -0.129. The topological polar surface area (TPSA) is 158 Å². The molecule has 1 aromatic carbocycles. The van der Waals surface area contributed by atoms with Crippen LogP contribution in [0.25, 0.3) is 11.0 Å². The molecular weight excluding hydrogens is 430 g/mol. The van der Waals surface area contributed by atoms with Crippen LogP contribution in [0.5, 0.6) is 0 Å². The van der Waals surface area contributed by atoms with E-state index in [0.717, 1.165) is 48.2 Å². The average molecular weight is 458 g/mol. The molecule has 2 aromatic heterocycles. The number of aromatic nitrogens is 3. The Hall–Kier alpha value is -2.70. The second kappa shape index (κ2) is 9.04. The molecule has 6 N–H and O–H groups in total. The number of amides is 1. The second-order valence-corrected chi connectivity index (χ2v) is 9.37. The first-order chi connectivity index (χ1) is 15.3. The molecule has 3 aromatic rings. The van der Waals surface area contributed by atoms with Crippen molar-refractivity contribution in [3.8, 4) is 0 Å². The highest BCUT2D eigenvalue weighted by atomic mass is 32.2. The third-order valence-corrected chi connectivity index (χ3v) is 6.79. The van der Waals surface area contributed by atoms with Crippen LogP contribution in [0.2, 0.25) is 0 Å². The third kappa shape index (κ3) is 4.30. The molecule has 0 bridgehead atoms. The predicted octanol–water partition coefficient (Wildman–Crippen LogP) is 2.16. The zero-order chi connectivity index (χ0) is 22.9. The Morgan fingerprint density at radius 2 is 2.00 bits per heavy atom. The SMILES string of the molecule is CC1(n2c(C(O)N(N)C=O)cc3cnc(Nc4ccc([S+](N)[O-])cc4)nc32)CCCCC1. The number of fused-ring (bicyclic) bond motifs is 1. The number of carbonyl (C=O) groups excluding carboxylic acids is 1. The van der Waals surface area contributed by atoms with Crippen molar-refractivity contribution in [2.24, 2.45) is 11.0 Å². The van der Waals surface area contributed by atoms with E-state index in [4.69, 9.17) is 16.0 Å². The summed E-state index contributed by atoms with van der Waals surface area (Å²) in [5.41, 5.74) is 1.59. The average Bonchev–Trinajstić information content (AvgIpc) is 3.18. The normalized spacial score (nSPS) is 17.7. The van der Waals surface area contributed by atoms with Gasteiger partial charge in [-0.1, -0.05) is 19.3 Å². The molecule has 0 saturated heterocycles. The highest BCUT2D eigenvalue weighted by molar-refractivity contribution is 7.89. The quantitative estimate of drug-likeness (QED) is 0.105. The number of carbonyl (C=O) groups is 1. The van der Waals surface area contributed by atoms with Gasteiger partial charge in [0.15, 0.2) is 11.1 Å². The molecule has 10 nitrogen and oxygen atoms in total. The maximum Gasteiger partial charge on any atom is 0.229 e. The molecule has 4 rings (SSSR count). The van der Waals surface area contributed by atoms with Crippen LogP contribution in [0.3, 0.4) is 0 Å². The van der Waals surface area contributed by atoms with E-state index in [0.29, 0.717) is 28.6 Å². The maximum atomic E-state index is 11.4. The maximum absolute atomic E-state index is 11.4. The van der Waals surface area contributed by atoms with E-state index in [1.165, 1.54) is 0 Å². The Morgan fingerprint density at radius 1 is 1.31 bits per heavy atom. The van der Waals surface area contributed by atoms with Crippen LogP contribution in [0.15, 0.2) is 41.4 Å². The van der Waals surface area contributed by atoms with E-state index in [1.54, 1.807) is 36.5 Å². The van der Waals surface area contributed by atoms with Crippen molar-refractivity contribution in [1.82, 2.24) is 19.5 Å². The number of anilines is 2. The van der Waals surface area contributed by atoms with Gasteiger partial charge < -0.3 is 19.5 Å². The van der Waals surface area contributed by atoms with Crippen molar-refractivity contribution in [1.29, 1.82) is 0 Å². The second-order valence-electron chi connectivity index (χ2n) is 8.31. The number of nitrogens with zero attached hydrogens (tertiary/aromatic N) is 4. The molecule has 0 radical (unpaired) electrons. The fourth-order valence-corrected chi connectivity index (χ4v) is 4.78. The first kappa shape index (κ1) is 22.5. The lowest BCUT2D eigenvalue weighted by Gasteiger charge is -2.38. The Bertz CT molecular complexity index is 1100. The molecule has 1 fully saturated rings. The molecular formula is C21H27N7O3S. The summed E-state index contributed by atoms with van der Waals surface area (Å²) in [7, 11) is 0. The van der Waals surface area contributed by atoms with Gasteiger partial charge in [-0.15, -0.1) is 5.14 Å². The third-order valence-electron chi connectivity index (χ3n) is 6.05. The molecule has 170 valence electrons. The number of aliphatic hydroxyl groups excluding tert-OH is 1. The number of nitrogens with two attached hydrogens (primary N) is 2. The van der Waals surface area contributed by atoms with E-state index in [2.05, 4.69) is 17.2 Å². The van der Waals surface area contributed by atoms with E-state index in [1.807, 2.05) is 4.57 Å². The van der Waals surface area contributed by atoms with Gasteiger partial charge in [-0.05, 0) is 50.1 Å². The van der Waals surface area contributed by atoms with Gasteiger partial charge in [0.05, 0.1) is 17.1 Å². The van der Waals surface area contributed by atoms with Crippen molar-refractivity contribution in [3.63, 3.8) is 0 Å². The van der Waals surface area contributed by atoms with Crippen molar-refractivity contribution in [3.05, 3.63) is 42.2 Å². The van der Waals surface area contributed by atoms with Gasteiger partial charge in [0.25, 0.3) is 0 Å². The number of hydrogen-bond donors (Lipinski definition) is 4. The summed E-state index contributed by atoms with van der Waals surface area (Å²) >= 11 is -1.54. The molecule has 1 saturated carbocycles. The number of benzene rings is 1. The standard InChI is InChI=1S/C21H27N7O3S/c1-21(9-3-2-4-10-21)28-17(19(30)27(22)13-29)11-14-12-24-20(26-18(14)28)25-15-5-7-16(8-6-15)32(23)31/h5-8,11-13,19,30H,2-4,9-10,22-23H2,1H3,(H,24,25,26). The molecule has 2 unspecified atom stereocenters. The molecule has 1 aliphatic carbocycles. The predicted molar refractivity (Wildman–Crippen MR) is 122 cm³/mol. The molecule has 2 heterocycles. The van der Waals surface area contributed by atoms with Crippen molar-refractivity contribution in [2.75, 3.05) is 5.32 Å². The summed E-state index contributed by atoms with van der Waals surface area (Å²) in [5.74, 6) is 6.07. The summed E-state index contributed by atoms with van der Waals surface area (Å²) in [5, 5.41) is 20.8. The summed E-state index contributed by atoms with van der Waals surface area (Å²) in [6.45, 7) is 2.14. The molecule has 0 spiro atoms. The smallest absolute Gasteiger partial charge is 0.229 e. The fourth-order valence-electron chi connectivity index (χ4n) is 4.38.